The summed E-state index contributed by atoms with van der Waals surface area (Å²) in [6, 6.07) is 6.66. The fourth-order valence-electron chi connectivity index (χ4n) is 3.48. The van der Waals surface area contributed by atoms with Crippen molar-refractivity contribution in [3.05, 3.63) is 64.2 Å². The van der Waals surface area contributed by atoms with Crippen LogP contribution in [0.5, 0.6) is 0 Å². The van der Waals surface area contributed by atoms with E-state index in [2.05, 4.69) is 9.98 Å². The molecule has 0 bridgehead atoms. The van der Waals surface area contributed by atoms with Crippen molar-refractivity contribution >= 4 is 11.8 Å². The van der Waals surface area contributed by atoms with Crippen LogP contribution in [0.3, 0.4) is 0 Å². The summed E-state index contributed by atoms with van der Waals surface area (Å²) in [6.07, 6.45) is -1.87. The number of pyridine rings is 1. The van der Waals surface area contributed by atoms with E-state index in [1.807, 2.05) is 6.07 Å². The summed E-state index contributed by atoms with van der Waals surface area (Å²) in [5, 5.41) is 8.91. The molecule has 1 aliphatic heterocycles. The standard InChI is InChI=1S/C21H19F3N4O2/c1-12-7-14(10-25)11-27-18(12)17(29)9-13-3-4-16(22)15(8-13)21(19(23)24)5-2-6-30-20(26)28-21/h3-4,7-8,11,19H,2,5-6,9H2,1H3,(H2,26,28)/t21-/m0/s1. The predicted molar refractivity (Wildman–Crippen MR) is 103 cm³/mol. The number of carbonyl (C=O) groups is 1. The maximum atomic E-state index is 14.6. The number of hydrogen-bond acceptors (Lipinski definition) is 6. The Balaban J connectivity index is 1.98. The number of ether oxygens (including phenoxy) is 1. The maximum absolute atomic E-state index is 14.6. The van der Waals surface area contributed by atoms with Gasteiger partial charge < -0.3 is 10.5 Å². The fraction of sp³-hybridized carbons (Fsp3) is 0.333. The molecular formula is C21H19F3N4O2. The van der Waals surface area contributed by atoms with Crippen LogP contribution in [0.2, 0.25) is 0 Å². The van der Waals surface area contributed by atoms with E-state index in [-0.39, 0.29) is 42.9 Å². The fourth-order valence-corrected chi connectivity index (χ4v) is 3.48. The molecular weight excluding hydrogens is 397 g/mol. The number of aromatic nitrogens is 1. The second-order valence-corrected chi connectivity index (χ2v) is 7.04. The van der Waals surface area contributed by atoms with Gasteiger partial charge in [0.05, 0.1) is 12.2 Å². The van der Waals surface area contributed by atoms with E-state index in [1.165, 1.54) is 24.4 Å². The van der Waals surface area contributed by atoms with Crippen molar-refractivity contribution in [3.8, 4) is 6.07 Å². The Kier molecular flexibility index (Phi) is 6.06. The van der Waals surface area contributed by atoms with E-state index < -0.39 is 23.8 Å². The minimum Gasteiger partial charge on any atom is -0.465 e. The number of aliphatic imine (C=N–C) groups is 1. The summed E-state index contributed by atoms with van der Waals surface area (Å²) in [6.45, 7) is 1.75. The maximum Gasteiger partial charge on any atom is 0.283 e. The lowest BCUT2D eigenvalue weighted by Gasteiger charge is -2.29. The number of nitrogens with two attached hydrogens (primary N) is 1. The molecule has 0 amide bonds. The number of aryl methyl sites for hydroxylation is 1. The number of rotatable bonds is 5. The van der Waals surface area contributed by atoms with Crippen LogP contribution in [0.1, 0.15) is 45.6 Å². The smallest absolute Gasteiger partial charge is 0.283 e. The van der Waals surface area contributed by atoms with Crippen LogP contribution in [0.4, 0.5) is 13.2 Å². The quantitative estimate of drug-likeness (QED) is 0.753. The molecule has 0 spiro atoms. The number of halogens is 3. The van der Waals surface area contributed by atoms with E-state index in [9.17, 15) is 18.0 Å². The summed E-state index contributed by atoms with van der Waals surface area (Å²) < 4.78 is 47.8. The third-order valence-electron chi connectivity index (χ3n) is 4.96. The van der Waals surface area contributed by atoms with Crippen LogP contribution >= 0.6 is 0 Å². The second-order valence-electron chi connectivity index (χ2n) is 7.04. The van der Waals surface area contributed by atoms with Crippen LogP contribution in [-0.2, 0) is 16.7 Å². The van der Waals surface area contributed by atoms with Crippen LogP contribution in [0.25, 0.3) is 0 Å². The van der Waals surface area contributed by atoms with Crippen molar-refractivity contribution in [2.45, 2.75) is 38.2 Å². The molecule has 2 heterocycles. The minimum absolute atomic E-state index is 0.104. The van der Waals surface area contributed by atoms with Gasteiger partial charge in [-0.3, -0.25) is 9.78 Å². The Morgan fingerprint density at radius 3 is 2.83 bits per heavy atom. The molecule has 6 nitrogen and oxygen atoms in total. The Hall–Kier alpha value is -3.41. The molecule has 3 rings (SSSR count). The average molecular weight is 416 g/mol. The first kappa shape index (κ1) is 21.3. The van der Waals surface area contributed by atoms with Crippen LogP contribution < -0.4 is 5.73 Å². The third kappa shape index (κ3) is 4.13. The van der Waals surface area contributed by atoms with Crippen molar-refractivity contribution in [2.24, 2.45) is 10.7 Å². The molecule has 0 fully saturated rings. The number of nitriles is 1. The van der Waals surface area contributed by atoms with Crippen molar-refractivity contribution in [3.63, 3.8) is 0 Å². The zero-order valence-corrected chi connectivity index (χ0v) is 16.2. The molecule has 0 radical (unpaired) electrons. The van der Waals surface area contributed by atoms with E-state index in [0.29, 0.717) is 16.7 Å². The first-order chi connectivity index (χ1) is 14.3. The van der Waals surface area contributed by atoms with Gasteiger partial charge in [-0.05, 0) is 49.1 Å². The molecule has 1 aliphatic rings. The summed E-state index contributed by atoms with van der Waals surface area (Å²) in [5.74, 6) is -1.24. The second kappa shape index (κ2) is 8.53. The van der Waals surface area contributed by atoms with Gasteiger partial charge in [0.25, 0.3) is 12.4 Å². The lowest BCUT2D eigenvalue weighted by atomic mass is 9.84. The van der Waals surface area contributed by atoms with Gasteiger partial charge in [0.1, 0.15) is 17.6 Å². The van der Waals surface area contributed by atoms with E-state index in [0.717, 1.165) is 6.07 Å². The molecule has 1 atom stereocenters. The van der Waals surface area contributed by atoms with Gasteiger partial charge >= 0.3 is 0 Å². The molecule has 1 aromatic heterocycles. The third-order valence-corrected chi connectivity index (χ3v) is 4.96. The number of carbonyl (C=O) groups excluding carboxylic acids is 1. The largest absolute Gasteiger partial charge is 0.465 e. The molecule has 9 heteroatoms. The topological polar surface area (TPSA) is 101 Å². The molecule has 1 aromatic carbocycles. The monoisotopic (exact) mass is 416 g/mol. The number of Topliss-reactive ketones (excluding diaryl/α,β-unsaturated/α-hetero) is 1. The molecule has 0 saturated carbocycles. The zero-order valence-electron chi connectivity index (χ0n) is 16.2. The highest BCUT2D eigenvalue weighted by atomic mass is 19.3. The summed E-state index contributed by atoms with van der Waals surface area (Å²) in [7, 11) is 0. The molecule has 2 N–H and O–H groups in total. The first-order valence-electron chi connectivity index (χ1n) is 9.22. The van der Waals surface area contributed by atoms with Crippen molar-refractivity contribution < 1.29 is 22.7 Å². The van der Waals surface area contributed by atoms with Gasteiger partial charge in [-0.1, -0.05) is 6.07 Å². The minimum atomic E-state index is -3.03. The SMILES string of the molecule is Cc1cc(C#N)cnc1C(=O)Cc1ccc(F)c([C@]2(C(F)F)CCCOC(N)=N2)c1. The van der Waals surface area contributed by atoms with Gasteiger partial charge in [-0.2, -0.15) is 5.26 Å². The molecule has 156 valence electrons. The number of amidine groups is 1. The summed E-state index contributed by atoms with van der Waals surface area (Å²) in [5.41, 5.74) is 4.37. The Morgan fingerprint density at radius 2 is 2.17 bits per heavy atom. The van der Waals surface area contributed by atoms with E-state index >= 15 is 0 Å². The van der Waals surface area contributed by atoms with E-state index in [1.54, 1.807) is 6.92 Å². The normalized spacial score (nSPS) is 18.9. The Labute approximate surface area is 171 Å². The highest BCUT2D eigenvalue weighted by Gasteiger charge is 2.45. The number of hydrogen-bond donors (Lipinski definition) is 1. The summed E-state index contributed by atoms with van der Waals surface area (Å²) >= 11 is 0. The molecule has 0 saturated heterocycles. The summed E-state index contributed by atoms with van der Waals surface area (Å²) in [4.78, 5) is 20.5. The molecule has 0 aliphatic carbocycles. The number of ketones is 1. The van der Waals surface area contributed by atoms with Crippen LogP contribution in [0.15, 0.2) is 35.5 Å². The Morgan fingerprint density at radius 1 is 1.40 bits per heavy atom. The highest BCUT2D eigenvalue weighted by molar-refractivity contribution is 5.97. The lowest BCUT2D eigenvalue weighted by Crippen LogP contribution is -2.35. The highest BCUT2D eigenvalue weighted by Crippen LogP contribution is 2.40. The number of alkyl halides is 2. The first-order valence-corrected chi connectivity index (χ1v) is 9.22. The van der Waals surface area contributed by atoms with Gasteiger partial charge in [-0.25, -0.2) is 18.2 Å². The van der Waals surface area contributed by atoms with Crippen molar-refractivity contribution in [1.29, 1.82) is 5.26 Å². The number of benzene rings is 1. The Bertz CT molecular complexity index is 1050. The van der Waals surface area contributed by atoms with Gasteiger partial charge in [-0.15, -0.1) is 0 Å². The van der Waals surface area contributed by atoms with Gasteiger partial charge in [0.15, 0.2) is 11.3 Å². The van der Waals surface area contributed by atoms with Gasteiger partial charge in [0, 0.05) is 18.2 Å². The van der Waals surface area contributed by atoms with Crippen LogP contribution in [0, 0.1) is 24.1 Å². The van der Waals surface area contributed by atoms with Crippen LogP contribution in [-0.4, -0.2) is 29.8 Å². The number of nitrogens with zero attached hydrogens (tertiary/aromatic N) is 3. The molecule has 0 unspecified atom stereocenters. The average Bonchev–Trinajstić information content (AvgIpc) is 2.91. The predicted octanol–water partition coefficient (Wildman–Crippen LogP) is 3.41. The molecule has 2 aromatic rings. The molecule has 30 heavy (non-hydrogen) atoms. The van der Waals surface area contributed by atoms with E-state index in [4.69, 9.17) is 15.7 Å². The van der Waals surface area contributed by atoms with Crippen molar-refractivity contribution in [1.82, 2.24) is 4.98 Å². The lowest BCUT2D eigenvalue weighted by molar-refractivity contribution is 0.0459. The van der Waals surface area contributed by atoms with Gasteiger partial charge in [0.2, 0.25) is 0 Å². The van der Waals surface area contributed by atoms with Crippen molar-refractivity contribution in [2.75, 3.05) is 6.61 Å². The zero-order chi connectivity index (χ0) is 21.9.